The highest BCUT2D eigenvalue weighted by molar-refractivity contribution is 5.24. The number of unbranched alkanes of at least 4 members (excludes halogenated alkanes) is 2. The highest BCUT2D eigenvalue weighted by Crippen LogP contribution is 2.15. The third kappa shape index (κ3) is 5.65. The Balaban J connectivity index is 2.30. The minimum absolute atomic E-state index is 0.165. The summed E-state index contributed by atoms with van der Waals surface area (Å²) in [7, 11) is 2.19. The van der Waals surface area contributed by atoms with Gasteiger partial charge in [0.1, 0.15) is 0 Å². The molecule has 0 bridgehead atoms. The standard InChI is InChI=1S/C16H28N2/c1-4-5-6-11-18(3)12-10-16(17)15-9-7-8-14(2)13-15/h7-9,13,16H,4-6,10-12,17H2,1-3H3. The van der Waals surface area contributed by atoms with E-state index in [1.165, 1.54) is 36.9 Å². The maximum atomic E-state index is 6.24. The van der Waals surface area contributed by atoms with Crippen LogP contribution in [0.3, 0.4) is 0 Å². The van der Waals surface area contributed by atoms with Crippen molar-refractivity contribution in [3.8, 4) is 0 Å². The van der Waals surface area contributed by atoms with Crippen LogP contribution in [0.1, 0.15) is 49.8 Å². The normalized spacial score (nSPS) is 12.9. The van der Waals surface area contributed by atoms with E-state index in [4.69, 9.17) is 5.73 Å². The van der Waals surface area contributed by atoms with Gasteiger partial charge in [-0.1, -0.05) is 49.6 Å². The van der Waals surface area contributed by atoms with Crippen molar-refractivity contribution < 1.29 is 0 Å². The molecule has 2 heteroatoms. The van der Waals surface area contributed by atoms with Crippen molar-refractivity contribution in [3.63, 3.8) is 0 Å². The zero-order valence-corrected chi connectivity index (χ0v) is 12.2. The minimum atomic E-state index is 0.165. The molecule has 102 valence electrons. The Kier molecular flexibility index (Phi) is 6.99. The summed E-state index contributed by atoms with van der Waals surface area (Å²) in [4.78, 5) is 2.39. The average molecular weight is 248 g/mol. The monoisotopic (exact) mass is 248 g/mol. The molecule has 2 nitrogen and oxygen atoms in total. The third-order valence-corrected chi connectivity index (χ3v) is 3.44. The first-order valence-corrected chi connectivity index (χ1v) is 7.14. The van der Waals surface area contributed by atoms with E-state index in [1.54, 1.807) is 0 Å². The lowest BCUT2D eigenvalue weighted by molar-refractivity contribution is 0.311. The van der Waals surface area contributed by atoms with E-state index >= 15 is 0 Å². The van der Waals surface area contributed by atoms with Crippen LogP contribution in [0.2, 0.25) is 0 Å². The summed E-state index contributed by atoms with van der Waals surface area (Å²) in [5, 5.41) is 0. The fraction of sp³-hybridized carbons (Fsp3) is 0.625. The van der Waals surface area contributed by atoms with Crippen LogP contribution in [0.4, 0.5) is 0 Å². The molecule has 1 aromatic rings. The first-order chi connectivity index (χ1) is 8.63. The van der Waals surface area contributed by atoms with Gasteiger partial charge in [0.2, 0.25) is 0 Å². The Morgan fingerprint density at radius 3 is 2.67 bits per heavy atom. The largest absolute Gasteiger partial charge is 0.324 e. The van der Waals surface area contributed by atoms with Crippen molar-refractivity contribution >= 4 is 0 Å². The number of hydrogen-bond donors (Lipinski definition) is 1. The predicted molar refractivity (Wildman–Crippen MR) is 79.7 cm³/mol. The average Bonchev–Trinajstić information content (AvgIpc) is 2.36. The molecule has 0 aliphatic rings. The van der Waals surface area contributed by atoms with Crippen molar-refractivity contribution in [1.29, 1.82) is 0 Å². The Hall–Kier alpha value is -0.860. The van der Waals surface area contributed by atoms with Gasteiger partial charge in [-0.15, -0.1) is 0 Å². The molecule has 0 radical (unpaired) electrons. The molecule has 1 atom stereocenters. The van der Waals surface area contributed by atoms with Crippen molar-refractivity contribution in [2.75, 3.05) is 20.1 Å². The lowest BCUT2D eigenvalue weighted by atomic mass is 10.0. The highest BCUT2D eigenvalue weighted by Gasteiger charge is 2.07. The van der Waals surface area contributed by atoms with Crippen molar-refractivity contribution in [1.82, 2.24) is 4.90 Å². The minimum Gasteiger partial charge on any atom is -0.324 e. The molecule has 0 heterocycles. The summed E-state index contributed by atoms with van der Waals surface area (Å²) in [5.74, 6) is 0. The van der Waals surface area contributed by atoms with Gasteiger partial charge in [-0.25, -0.2) is 0 Å². The van der Waals surface area contributed by atoms with Crippen LogP contribution in [-0.4, -0.2) is 25.0 Å². The first-order valence-electron chi connectivity index (χ1n) is 7.14. The summed E-state index contributed by atoms with van der Waals surface area (Å²) in [6.07, 6.45) is 4.95. The van der Waals surface area contributed by atoms with Crippen molar-refractivity contribution in [3.05, 3.63) is 35.4 Å². The topological polar surface area (TPSA) is 29.3 Å². The summed E-state index contributed by atoms with van der Waals surface area (Å²) in [6, 6.07) is 8.71. The summed E-state index contributed by atoms with van der Waals surface area (Å²) in [5.41, 5.74) is 8.79. The fourth-order valence-electron chi connectivity index (χ4n) is 2.17. The van der Waals surface area contributed by atoms with E-state index in [9.17, 15) is 0 Å². The van der Waals surface area contributed by atoms with Crippen LogP contribution in [0, 0.1) is 6.92 Å². The van der Waals surface area contributed by atoms with Crippen LogP contribution in [0.25, 0.3) is 0 Å². The molecular weight excluding hydrogens is 220 g/mol. The van der Waals surface area contributed by atoms with E-state index in [2.05, 4.69) is 50.1 Å². The molecule has 1 unspecified atom stereocenters. The summed E-state index contributed by atoms with van der Waals surface area (Å²) < 4.78 is 0. The van der Waals surface area contributed by atoms with E-state index in [0.29, 0.717) is 0 Å². The zero-order chi connectivity index (χ0) is 13.4. The SMILES string of the molecule is CCCCCN(C)CCC(N)c1cccc(C)c1. The van der Waals surface area contributed by atoms with Gasteiger partial charge in [0, 0.05) is 6.04 Å². The molecule has 0 aliphatic heterocycles. The smallest absolute Gasteiger partial charge is 0.0307 e. The maximum absolute atomic E-state index is 6.24. The molecule has 2 N–H and O–H groups in total. The second-order valence-corrected chi connectivity index (χ2v) is 5.32. The number of nitrogens with zero attached hydrogens (tertiary/aromatic N) is 1. The van der Waals surface area contributed by atoms with Gasteiger partial charge in [0.05, 0.1) is 0 Å². The van der Waals surface area contributed by atoms with Crippen LogP contribution < -0.4 is 5.73 Å². The molecule has 1 rings (SSSR count). The van der Waals surface area contributed by atoms with Gasteiger partial charge in [0.15, 0.2) is 0 Å². The van der Waals surface area contributed by atoms with Gasteiger partial charge < -0.3 is 10.6 Å². The van der Waals surface area contributed by atoms with Crippen molar-refractivity contribution in [2.24, 2.45) is 5.73 Å². The number of benzene rings is 1. The molecule has 0 aliphatic carbocycles. The summed E-state index contributed by atoms with van der Waals surface area (Å²) in [6.45, 7) is 6.63. The van der Waals surface area contributed by atoms with E-state index in [-0.39, 0.29) is 6.04 Å². The molecule has 0 aromatic heterocycles. The molecule has 0 spiro atoms. The Bertz CT molecular complexity index is 336. The van der Waals surface area contributed by atoms with Gasteiger partial charge in [-0.3, -0.25) is 0 Å². The molecule has 0 saturated carbocycles. The number of aryl methyl sites for hydroxylation is 1. The second-order valence-electron chi connectivity index (χ2n) is 5.32. The molecular formula is C16H28N2. The molecule has 1 aromatic carbocycles. The quantitative estimate of drug-likeness (QED) is 0.713. The number of hydrogen-bond acceptors (Lipinski definition) is 2. The van der Waals surface area contributed by atoms with Crippen molar-refractivity contribution in [2.45, 2.75) is 45.6 Å². The highest BCUT2D eigenvalue weighted by atomic mass is 15.1. The summed E-state index contributed by atoms with van der Waals surface area (Å²) >= 11 is 0. The van der Waals surface area contributed by atoms with Gasteiger partial charge in [0.25, 0.3) is 0 Å². The maximum Gasteiger partial charge on any atom is 0.0307 e. The van der Waals surface area contributed by atoms with Gasteiger partial charge in [-0.2, -0.15) is 0 Å². The molecule has 0 amide bonds. The first kappa shape index (κ1) is 15.2. The number of rotatable bonds is 8. The molecule has 18 heavy (non-hydrogen) atoms. The zero-order valence-electron chi connectivity index (χ0n) is 12.2. The Morgan fingerprint density at radius 1 is 1.22 bits per heavy atom. The predicted octanol–water partition coefficient (Wildman–Crippen LogP) is 3.51. The lowest BCUT2D eigenvalue weighted by Gasteiger charge is -2.19. The van der Waals surface area contributed by atoms with Gasteiger partial charge in [-0.05, 0) is 45.5 Å². The fourth-order valence-corrected chi connectivity index (χ4v) is 2.17. The number of nitrogens with two attached hydrogens (primary N) is 1. The van der Waals surface area contributed by atoms with Crippen LogP contribution in [0.5, 0.6) is 0 Å². The van der Waals surface area contributed by atoms with Crippen LogP contribution in [-0.2, 0) is 0 Å². The lowest BCUT2D eigenvalue weighted by Crippen LogP contribution is -2.24. The Labute approximate surface area is 112 Å². The van der Waals surface area contributed by atoms with Gasteiger partial charge >= 0.3 is 0 Å². The molecule has 0 fully saturated rings. The van der Waals surface area contributed by atoms with Crippen LogP contribution >= 0.6 is 0 Å². The third-order valence-electron chi connectivity index (χ3n) is 3.44. The second kappa shape index (κ2) is 8.28. The molecule has 0 saturated heterocycles. The Morgan fingerprint density at radius 2 is 2.00 bits per heavy atom. The van der Waals surface area contributed by atoms with Crippen LogP contribution in [0.15, 0.2) is 24.3 Å². The van der Waals surface area contributed by atoms with E-state index < -0.39 is 0 Å². The van der Waals surface area contributed by atoms with E-state index in [0.717, 1.165) is 13.0 Å². The van der Waals surface area contributed by atoms with E-state index in [1.807, 2.05) is 0 Å².